The normalized spacial score (nSPS) is 12.9. The molecule has 1 aromatic rings. The molecular formula is C10H10F2N2O5S. The lowest BCUT2D eigenvalue weighted by Crippen LogP contribution is -2.43. The number of carboxylic acid groups (broad SMARTS) is 1. The molecule has 110 valence electrons. The zero-order valence-electron chi connectivity index (χ0n) is 9.84. The van der Waals surface area contributed by atoms with Gasteiger partial charge in [0, 0.05) is 0 Å². The molecule has 1 unspecified atom stereocenters. The number of carboxylic acids is 1. The van der Waals surface area contributed by atoms with Gasteiger partial charge >= 0.3 is 5.97 Å². The van der Waals surface area contributed by atoms with E-state index in [0.29, 0.717) is 18.2 Å². The van der Waals surface area contributed by atoms with Gasteiger partial charge in [-0.2, -0.15) is 4.72 Å². The topological polar surface area (TPSA) is 127 Å². The summed E-state index contributed by atoms with van der Waals surface area (Å²) in [5.41, 5.74) is 4.77. The lowest BCUT2D eigenvalue weighted by atomic mass is 10.2. The maximum atomic E-state index is 13.4. The Labute approximate surface area is 112 Å². The lowest BCUT2D eigenvalue weighted by molar-refractivity contribution is -0.140. The minimum Gasteiger partial charge on any atom is -0.480 e. The Bertz CT molecular complexity index is 647. The van der Waals surface area contributed by atoms with Crippen LogP contribution in [0.15, 0.2) is 23.1 Å². The first-order chi connectivity index (χ1) is 9.13. The van der Waals surface area contributed by atoms with Gasteiger partial charge in [0.2, 0.25) is 15.9 Å². The maximum absolute atomic E-state index is 13.4. The molecule has 0 fully saturated rings. The summed E-state index contributed by atoms with van der Waals surface area (Å²) in [6.07, 6.45) is -0.828. The van der Waals surface area contributed by atoms with Crippen molar-refractivity contribution in [3.8, 4) is 0 Å². The third-order valence-electron chi connectivity index (χ3n) is 2.18. The number of carbonyl (C=O) groups excluding carboxylic acids is 1. The van der Waals surface area contributed by atoms with Gasteiger partial charge in [0.15, 0.2) is 0 Å². The average molecular weight is 308 g/mol. The SMILES string of the molecule is NC(=O)CC(NS(=O)(=O)c1cc(F)ccc1F)C(=O)O. The number of aliphatic carboxylic acids is 1. The molecular weight excluding hydrogens is 298 g/mol. The number of amides is 1. The van der Waals surface area contributed by atoms with E-state index in [1.54, 1.807) is 4.72 Å². The minimum absolute atomic E-state index is 0.390. The number of sulfonamides is 1. The van der Waals surface area contributed by atoms with Gasteiger partial charge in [-0.1, -0.05) is 0 Å². The van der Waals surface area contributed by atoms with Crippen molar-refractivity contribution in [1.29, 1.82) is 0 Å². The summed E-state index contributed by atoms with van der Waals surface area (Å²) in [6.45, 7) is 0. The third kappa shape index (κ3) is 3.96. The molecule has 20 heavy (non-hydrogen) atoms. The van der Waals surface area contributed by atoms with Gasteiger partial charge in [-0.3, -0.25) is 9.59 Å². The van der Waals surface area contributed by atoms with Gasteiger partial charge < -0.3 is 10.8 Å². The highest BCUT2D eigenvalue weighted by molar-refractivity contribution is 7.89. The van der Waals surface area contributed by atoms with Gasteiger partial charge in [0.1, 0.15) is 22.6 Å². The van der Waals surface area contributed by atoms with E-state index in [2.05, 4.69) is 0 Å². The predicted octanol–water partition coefficient (Wildman–Crippen LogP) is -0.428. The molecule has 1 aromatic carbocycles. The second-order valence-corrected chi connectivity index (χ2v) is 5.44. The highest BCUT2D eigenvalue weighted by Crippen LogP contribution is 2.16. The Morgan fingerprint density at radius 2 is 1.95 bits per heavy atom. The smallest absolute Gasteiger partial charge is 0.322 e. The summed E-state index contributed by atoms with van der Waals surface area (Å²) in [5.74, 6) is -5.03. The monoisotopic (exact) mass is 308 g/mol. The number of carbonyl (C=O) groups is 2. The van der Waals surface area contributed by atoms with Crippen molar-refractivity contribution in [2.24, 2.45) is 5.73 Å². The van der Waals surface area contributed by atoms with E-state index in [1.165, 1.54) is 0 Å². The lowest BCUT2D eigenvalue weighted by Gasteiger charge is -2.13. The van der Waals surface area contributed by atoms with E-state index in [1.807, 2.05) is 0 Å². The third-order valence-corrected chi connectivity index (χ3v) is 3.67. The van der Waals surface area contributed by atoms with E-state index in [0.717, 1.165) is 0 Å². The summed E-state index contributed by atoms with van der Waals surface area (Å²) in [5, 5.41) is 8.75. The van der Waals surface area contributed by atoms with Crippen LogP contribution < -0.4 is 10.5 Å². The highest BCUT2D eigenvalue weighted by Gasteiger charge is 2.29. The number of nitrogens with two attached hydrogens (primary N) is 1. The second-order valence-electron chi connectivity index (χ2n) is 3.76. The summed E-state index contributed by atoms with van der Waals surface area (Å²) in [4.78, 5) is 20.4. The fourth-order valence-corrected chi connectivity index (χ4v) is 2.59. The van der Waals surface area contributed by atoms with Crippen molar-refractivity contribution >= 4 is 21.9 Å². The number of benzene rings is 1. The first-order valence-corrected chi connectivity index (χ1v) is 6.60. The zero-order valence-corrected chi connectivity index (χ0v) is 10.7. The molecule has 0 spiro atoms. The summed E-state index contributed by atoms with van der Waals surface area (Å²) >= 11 is 0. The fraction of sp³-hybridized carbons (Fsp3) is 0.200. The van der Waals surface area contributed by atoms with Crippen LogP contribution in [0.2, 0.25) is 0 Å². The van der Waals surface area contributed by atoms with Crippen molar-refractivity contribution < 1.29 is 31.9 Å². The molecule has 0 aliphatic heterocycles. The molecule has 0 aliphatic rings. The molecule has 0 aliphatic carbocycles. The van der Waals surface area contributed by atoms with Gasteiger partial charge in [-0.05, 0) is 18.2 Å². The summed E-state index contributed by atoms with van der Waals surface area (Å²) in [6, 6.07) is -0.207. The number of halogens is 2. The van der Waals surface area contributed by atoms with Crippen LogP contribution in [0.4, 0.5) is 8.78 Å². The molecule has 4 N–H and O–H groups in total. The Kier molecular flexibility index (Phi) is 4.73. The van der Waals surface area contributed by atoms with Crippen LogP contribution in [0.25, 0.3) is 0 Å². The number of nitrogens with one attached hydrogen (secondary N) is 1. The van der Waals surface area contributed by atoms with E-state index in [9.17, 15) is 26.8 Å². The molecule has 0 radical (unpaired) electrons. The van der Waals surface area contributed by atoms with Gasteiger partial charge in [0.05, 0.1) is 6.42 Å². The minimum atomic E-state index is -4.66. The summed E-state index contributed by atoms with van der Waals surface area (Å²) in [7, 11) is -4.66. The van der Waals surface area contributed by atoms with Crippen molar-refractivity contribution in [2.75, 3.05) is 0 Å². The molecule has 0 bridgehead atoms. The summed E-state index contributed by atoms with van der Waals surface area (Å²) < 4.78 is 51.4. The Hall–Kier alpha value is -2.07. The number of primary amides is 1. The van der Waals surface area contributed by atoms with Crippen LogP contribution in [0.3, 0.4) is 0 Å². The molecule has 7 nitrogen and oxygen atoms in total. The van der Waals surface area contributed by atoms with Crippen LogP contribution in [-0.2, 0) is 19.6 Å². The second kappa shape index (κ2) is 5.92. The van der Waals surface area contributed by atoms with Gasteiger partial charge in [-0.25, -0.2) is 17.2 Å². The Morgan fingerprint density at radius 1 is 1.35 bits per heavy atom. The molecule has 0 saturated heterocycles. The zero-order chi connectivity index (χ0) is 15.5. The molecule has 0 saturated carbocycles. The van der Waals surface area contributed by atoms with E-state index in [4.69, 9.17) is 10.8 Å². The van der Waals surface area contributed by atoms with Crippen molar-refractivity contribution in [2.45, 2.75) is 17.4 Å². The molecule has 1 rings (SSSR count). The van der Waals surface area contributed by atoms with E-state index in [-0.39, 0.29) is 0 Å². The van der Waals surface area contributed by atoms with Crippen LogP contribution >= 0.6 is 0 Å². The maximum Gasteiger partial charge on any atom is 0.322 e. The average Bonchev–Trinajstić information content (AvgIpc) is 2.30. The first kappa shape index (κ1) is 16.0. The van der Waals surface area contributed by atoms with Crippen LogP contribution in [0.1, 0.15) is 6.42 Å². The molecule has 0 aromatic heterocycles. The standard InChI is InChI=1S/C10H10F2N2O5S/c11-5-1-2-6(12)8(3-5)20(18,19)14-7(10(16)17)4-9(13)15/h1-3,7,14H,4H2,(H2,13,15)(H,16,17). The highest BCUT2D eigenvalue weighted by atomic mass is 32.2. The van der Waals surface area contributed by atoms with Crippen LogP contribution in [-0.4, -0.2) is 31.4 Å². The van der Waals surface area contributed by atoms with Gasteiger partial charge in [-0.15, -0.1) is 0 Å². The van der Waals surface area contributed by atoms with E-state index < -0.39 is 50.9 Å². The van der Waals surface area contributed by atoms with Gasteiger partial charge in [0.25, 0.3) is 0 Å². The van der Waals surface area contributed by atoms with Crippen molar-refractivity contribution in [1.82, 2.24) is 4.72 Å². The van der Waals surface area contributed by atoms with Crippen molar-refractivity contribution in [3.63, 3.8) is 0 Å². The first-order valence-electron chi connectivity index (χ1n) is 5.12. The van der Waals surface area contributed by atoms with Crippen LogP contribution in [0, 0.1) is 11.6 Å². The Balaban J connectivity index is 3.12. The number of hydrogen-bond acceptors (Lipinski definition) is 4. The molecule has 10 heteroatoms. The molecule has 1 amide bonds. The van der Waals surface area contributed by atoms with Crippen LogP contribution in [0.5, 0.6) is 0 Å². The number of hydrogen-bond donors (Lipinski definition) is 3. The quantitative estimate of drug-likeness (QED) is 0.657. The van der Waals surface area contributed by atoms with Crippen molar-refractivity contribution in [3.05, 3.63) is 29.8 Å². The fourth-order valence-electron chi connectivity index (χ4n) is 1.31. The number of rotatable bonds is 6. The van der Waals surface area contributed by atoms with E-state index >= 15 is 0 Å². The molecule has 0 heterocycles. The predicted molar refractivity (Wildman–Crippen MR) is 61.9 cm³/mol. The largest absolute Gasteiger partial charge is 0.480 e. The Morgan fingerprint density at radius 3 is 2.45 bits per heavy atom. The molecule has 1 atom stereocenters.